The predicted octanol–water partition coefficient (Wildman–Crippen LogP) is 2.95. The standard InChI is InChI=1S/C27H30N8O5/c1-3-34-21(11-16(2)33-34)25(37)32-26-31-20-12-17(24(28)36)13-22-23(20)35(26)19(15-39-22)8-6-10-30-27(38)40-14-18-7-4-5-9-29-18/h4-5,7,9,11-13,19H,3,6,8,10,14-15H2,1-2H3,(H2,28,36)(H,30,38)(H,31,32,37)/t19-/m0/s1. The SMILES string of the molecule is CCn1nc(C)cc1C(=O)Nc1nc2cc(C(N)=O)cc3c2n1[C@@H](CCCNC(=O)OCc1ccccn1)CO3. The molecule has 40 heavy (non-hydrogen) atoms. The Morgan fingerprint density at radius 1 is 1.23 bits per heavy atom. The minimum Gasteiger partial charge on any atom is -0.489 e. The van der Waals surface area contributed by atoms with Crippen LogP contribution in [0.4, 0.5) is 10.7 Å². The molecule has 1 aliphatic rings. The third-order valence-corrected chi connectivity index (χ3v) is 6.55. The molecule has 208 valence electrons. The van der Waals surface area contributed by atoms with Gasteiger partial charge in [0.05, 0.1) is 22.9 Å². The maximum absolute atomic E-state index is 13.2. The van der Waals surface area contributed by atoms with Crippen molar-refractivity contribution in [1.82, 2.24) is 29.6 Å². The molecule has 3 aromatic heterocycles. The third kappa shape index (κ3) is 5.58. The number of nitrogens with one attached hydrogen (secondary N) is 2. The van der Waals surface area contributed by atoms with Crippen molar-refractivity contribution in [2.45, 2.75) is 45.9 Å². The molecule has 0 unspecified atom stereocenters. The second-order valence-corrected chi connectivity index (χ2v) is 9.38. The fourth-order valence-corrected chi connectivity index (χ4v) is 4.70. The van der Waals surface area contributed by atoms with Gasteiger partial charge in [-0.25, -0.2) is 9.78 Å². The number of primary amides is 1. The van der Waals surface area contributed by atoms with Crippen LogP contribution in [0.5, 0.6) is 5.75 Å². The Hall–Kier alpha value is -4.94. The van der Waals surface area contributed by atoms with Gasteiger partial charge in [0.2, 0.25) is 11.9 Å². The zero-order chi connectivity index (χ0) is 28.2. The molecule has 0 fully saturated rings. The van der Waals surface area contributed by atoms with Gasteiger partial charge in [-0.2, -0.15) is 5.10 Å². The lowest BCUT2D eigenvalue weighted by Gasteiger charge is -2.27. The lowest BCUT2D eigenvalue weighted by Crippen LogP contribution is -2.28. The molecule has 0 aliphatic carbocycles. The quantitative estimate of drug-likeness (QED) is 0.255. The van der Waals surface area contributed by atoms with E-state index in [1.807, 2.05) is 24.5 Å². The van der Waals surface area contributed by atoms with Gasteiger partial charge in [0, 0.05) is 24.8 Å². The van der Waals surface area contributed by atoms with Crippen molar-refractivity contribution in [3.8, 4) is 5.75 Å². The number of alkyl carbamates (subject to hydrolysis) is 1. The van der Waals surface area contributed by atoms with Crippen LogP contribution in [-0.2, 0) is 17.9 Å². The van der Waals surface area contributed by atoms with E-state index in [4.69, 9.17) is 15.2 Å². The van der Waals surface area contributed by atoms with Crippen LogP contribution in [-0.4, -0.2) is 55.4 Å². The molecule has 0 spiro atoms. The summed E-state index contributed by atoms with van der Waals surface area (Å²) in [5.74, 6) is -0.179. The van der Waals surface area contributed by atoms with E-state index in [1.54, 1.807) is 41.2 Å². The number of benzene rings is 1. The zero-order valence-corrected chi connectivity index (χ0v) is 22.2. The summed E-state index contributed by atoms with van der Waals surface area (Å²) < 4.78 is 14.7. The van der Waals surface area contributed by atoms with Gasteiger partial charge in [-0.15, -0.1) is 0 Å². The van der Waals surface area contributed by atoms with Gasteiger partial charge in [0.25, 0.3) is 5.91 Å². The first-order valence-electron chi connectivity index (χ1n) is 13.0. The highest BCUT2D eigenvalue weighted by Gasteiger charge is 2.29. The van der Waals surface area contributed by atoms with Crippen molar-refractivity contribution in [3.63, 3.8) is 0 Å². The molecule has 4 aromatic rings. The van der Waals surface area contributed by atoms with E-state index in [-0.39, 0.29) is 30.7 Å². The summed E-state index contributed by atoms with van der Waals surface area (Å²) in [6, 6.07) is 10.1. The molecule has 1 aliphatic heterocycles. The van der Waals surface area contributed by atoms with Gasteiger partial charge in [0.1, 0.15) is 30.2 Å². The lowest BCUT2D eigenvalue weighted by molar-refractivity contribution is 0.0995. The number of hydrogen-bond donors (Lipinski definition) is 3. The summed E-state index contributed by atoms with van der Waals surface area (Å²) in [6.45, 7) is 5.00. The zero-order valence-electron chi connectivity index (χ0n) is 22.2. The Morgan fingerprint density at radius 2 is 2.08 bits per heavy atom. The van der Waals surface area contributed by atoms with Crippen molar-refractivity contribution in [3.05, 3.63) is 65.2 Å². The van der Waals surface area contributed by atoms with Gasteiger partial charge in [-0.05, 0) is 57.0 Å². The number of aryl methyl sites for hydroxylation is 2. The Balaban J connectivity index is 1.32. The van der Waals surface area contributed by atoms with Gasteiger partial charge >= 0.3 is 6.09 Å². The number of nitrogens with two attached hydrogens (primary N) is 1. The van der Waals surface area contributed by atoms with Crippen molar-refractivity contribution in [1.29, 1.82) is 0 Å². The first-order chi connectivity index (χ1) is 19.3. The Bertz CT molecular complexity index is 1560. The Kier molecular flexibility index (Phi) is 7.62. The molecule has 4 N–H and O–H groups in total. The molecule has 0 radical (unpaired) electrons. The minimum absolute atomic E-state index is 0.0831. The maximum Gasteiger partial charge on any atom is 0.407 e. The fourth-order valence-electron chi connectivity index (χ4n) is 4.70. The number of pyridine rings is 1. The summed E-state index contributed by atoms with van der Waals surface area (Å²) in [7, 11) is 0. The van der Waals surface area contributed by atoms with Crippen LogP contribution in [0.2, 0.25) is 0 Å². The molecule has 0 saturated heterocycles. The summed E-state index contributed by atoms with van der Waals surface area (Å²) in [5.41, 5.74) is 8.70. The van der Waals surface area contributed by atoms with E-state index >= 15 is 0 Å². The minimum atomic E-state index is -0.604. The molecule has 13 heteroatoms. The highest BCUT2D eigenvalue weighted by Crippen LogP contribution is 2.38. The molecule has 13 nitrogen and oxygen atoms in total. The van der Waals surface area contributed by atoms with Gasteiger partial charge in [0.15, 0.2) is 0 Å². The molecule has 1 atom stereocenters. The van der Waals surface area contributed by atoms with Gasteiger partial charge in [-0.3, -0.25) is 24.6 Å². The van der Waals surface area contributed by atoms with Crippen LogP contribution in [0.25, 0.3) is 11.0 Å². The first-order valence-corrected chi connectivity index (χ1v) is 13.0. The van der Waals surface area contributed by atoms with E-state index < -0.39 is 12.0 Å². The van der Waals surface area contributed by atoms with E-state index in [1.165, 1.54) is 0 Å². The van der Waals surface area contributed by atoms with Crippen molar-refractivity contribution < 1.29 is 23.9 Å². The normalized spacial score (nSPS) is 14.0. The average Bonchev–Trinajstić information content (AvgIpc) is 3.52. The number of imidazole rings is 1. The fraction of sp³-hybridized carbons (Fsp3) is 0.333. The highest BCUT2D eigenvalue weighted by atomic mass is 16.5. The number of anilines is 1. The number of carbonyl (C=O) groups excluding carboxylic acids is 3. The van der Waals surface area contributed by atoms with Crippen LogP contribution in [0.15, 0.2) is 42.6 Å². The number of hydrogen-bond acceptors (Lipinski definition) is 8. The van der Waals surface area contributed by atoms with Gasteiger partial charge < -0.3 is 25.1 Å². The first kappa shape index (κ1) is 26.7. The molecule has 5 rings (SSSR count). The predicted molar refractivity (Wildman–Crippen MR) is 145 cm³/mol. The summed E-state index contributed by atoms with van der Waals surface area (Å²) in [5, 5.41) is 10.0. The molecule has 3 amide bonds. The third-order valence-electron chi connectivity index (χ3n) is 6.55. The van der Waals surface area contributed by atoms with Crippen LogP contribution < -0.4 is 21.1 Å². The van der Waals surface area contributed by atoms with Crippen LogP contribution in [0, 0.1) is 6.92 Å². The van der Waals surface area contributed by atoms with Crippen molar-refractivity contribution in [2.75, 3.05) is 18.5 Å². The summed E-state index contributed by atoms with van der Waals surface area (Å²) in [6.07, 6.45) is 2.32. The van der Waals surface area contributed by atoms with E-state index in [0.717, 1.165) is 5.69 Å². The number of ether oxygens (including phenoxy) is 2. The van der Waals surface area contributed by atoms with Crippen LogP contribution >= 0.6 is 0 Å². The number of rotatable bonds is 10. The maximum atomic E-state index is 13.2. The van der Waals surface area contributed by atoms with Crippen molar-refractivity contribution >= 4 is 34.9 Å². The molecule has 0 bridgehead atoms. The number of nitrogens with zero attached hydrogens (tertiary/aromatic N) is 5. The van der Waals surface area contributed by atoms with Crippen molar-refractivity contribution in [2.24, 2.45) is 5.73 Å². The average molecular weight is 547 g/mol. The molecule has 0 saturated carbocycles. The lowest BCUT2D eigenvalue weighted by atomic mass is 10.1. The second-order valence-electron chi connectivity index (χ2n) is 9.38. The molecular weight excluding hydrogens is 516 g/mol. The van der Waals surface area contributed by atoms with E-state index in [0.29, 0.717) is 60.1 Å². The second kappa shape index (κ2) is 11.4. The largest absolute Gasteiger partial charge is 0.489 e. The van der Waals surface area contributed by atoms with E-state index in [9.17, 15) is 14.4 Å². The topological polar surface area (TPSA) is 168 Å². The highest BCUT2D eigenvalue weighted by molar-refractivity contribution is 6.04. The number of amides is 3. The monoisotopic (exact) mass is 546 g/mol. The summed E-state index contributed by atoms with van der Waals surface area (Å²) in [4.78, 5) is 46.0. The van der Waals surface area contributed by atoms with Crippen LogP contribution in [0.3, 0.4) is 0 Å². The van der Waals surface area contributed by atoms with Gasteiger partial charge in [-0.1, -0.05) is 6.07 Å². The Labute approximate surface area is 229 Å². The van der Waals surface area contributed by atoms with E-state index in [2.05, 4.69) is 25.7 Å². The smallest absolute Gasteiger partial charge is 0.407 e. The molecule has 4 heterocycles. The molecule has 1 aromatic carbocycles. The number of carbonyl (C=O) groups is 3. The van der Waals surface area contributed by atoms with Crippen LogP contribution in [0.1, 0.15) is 58.0 Å². The molecular formula is C27H30N8O5. The number of aromatic nitrogens is 5. The summed E-state index contributed by atoms with van der Waals surface area (Å²) >= 11 is 0. The Morgan fingerprint density at radius 3 is 2.83 bits per heavy atom.